The number of rotatable bonds is 0. The summed E-state index contributed by atoms with van der Waals surface area (Å²) >= 11 is 0. The summed E-state index contributed by atoms with van der Waals surface area (Å²) in [5.41, 5.74) is 0. The fraction of sp³-hybridized carbons (Fsp3) is 0. The van der Waals surface area contributed by atoms with Crippen molar-refractivity contribution in [3.63, 3.8) is 0 Å². The summed E-state index contributed by atoms with van der Waals surface area (Å²) in [6, 6.07) is 0. The SMILES string of the molecule is O=S(=O)(O)O.[CaH2].[V]. The standard InChI is InChI=1S/Ca.H2O4S.V.2H/c;1-5(2,3)4;;;/h;(H2,1,2,3,4);;;. The summed E-state index contributed by atoms with van der Waals surface area (Å²) < 4.78 is 31.6. The molecule has 0 aromatic heterocycles. The largest absolute Gasteiger partial charge is 0 e. The van der Waals surface area contributed by atoms with Gasteiger partial charge in [-0.3, -0.25) is 9.11 Å². The molecule has 0 unspecified atom stereocenters. The first-order valence-electron chi connectivity index (χ1n) is 0.698. The molecule has 0 aliphatic heterocycles. The molecule has 7 heavy (non-hydrogen) atoms. The first kappa shape index (κ1) is 15.9. The molecule has 0 aliphatic rings. The summed E-state index contributed by atoms with van der Waals surface area (Å²) in [7, 11) is -4.67. The van der Waals surface area contributed by atoms with E-state index in [1.807, 2.05) is 0 Å². The van der Waals surface area contributed by atoms with Crippen molar-refractivity contribution in [2.45, 2.75) is 0 Å². The van der Waals surface area contributed by atoms with Crippen LogP contribution in [0.2, 0.25) is 0 Å². The van der Waals surface area contributed by atoms with Gasteiger partial charge in [-0.05, 0) is 0 Å². The van der Waals surface area contributed by atoms with E-state index in [1.165, 1.54) is 0 Å². The Labute approximate surface area is 83.1 Å². The average Bonchev–Trinajstić information content (AvgIpc) is 0.722. The molecule has 0 heterocycles. The maximum atomic E-state index is 8.74. The van der Waals surface area contributed by atoms with Gasteiger partial charge >= 0.3 is 48.1 Å². The molecule has 2 N–H and O–H groups in total. The zero-order chi connectivity index (χ0) is 4.50. The van der Waals surface area contributed by atoms with Gasteiger partial charge in [0.1, 0.15) is 0 Å². The fourth-order valence-electron chi connectivity index (χ4n) is 0. The van der Waals surface area contributed by atoms with Crippen molar-refractivity contribution in [2.75, 3.05) is 0 Å². The topological polar surface area (TPSA) is 74.6 Å². The Morgan fingerprint density at radius 1 is 1.14 bits per heavy atom. The third-order valence-electron chi connectivity index (χ3n) is 0. The van der Waals surface area contributed by atoms with Gasteiger partial charge in [0.05, 0.1) is 0 Å². The average molecular weight is 191 g/mol. The van der Waals surface area contributed by atoms with Crippen LogP contribution < -0.4 is 0 Å². The molecule has 1 radical (unpaired) electrons. The van der Waals surface area contributed by atoms with Crippen molar-refractivity contribution in [1.82, 2.24) is 0 Å². The van der Waals surface area contributed by atoms with Gasteiger partial charge in [0.2, 0.25) is 0 Å². The normalized spacial score (nSPS) is 8.29. The molecule has 0 saturated heterocycles. The van der Waals surface area contributed by atoms with Crippen molar-refractivity contribution >= 4 is 48.1 Å². The molecule has 0 aromatic carbocycles. The van der Waals surface area contributed by atoms with Crippen LogP contribution >= 0.6 is 0 Å². The molecule has 0 saturated carbocycles. The second kappa shape index (κ2) is 5.84. The Kier molecular flexibility index (Phi) is 13.3. The first-order chi connectivity index (χ1) is 2.00. The van der Waals surface area contributed by atoms with Crippen LogP contribution in [0.5, 0.6) is 0 Å². The van der Waals surface area contributed by atoms with Crippen LogP contribution in [0, 0.1) is 0 Å². The summed E-state index contributed by atoms with van der Waals surface area (Å²) in [5.74, 6) is 0. The van der Waals surface area contributed by atoms with Gasteiger partial charge in [-0.2, -0.15) is 8.42 Å². The minimum absolute atomic E-state index is 0. The van der Waals surface area contributed by atoms with E-state index in [0.717, 1.165) is 0 Å². The molecule has 0 spiro atoms. The van der Waals surface area contributed by atoms with Gasteiger partial charge in [-0.1, -0.05) is 0 Å². The Morgan fingerprint density at radius 3 is 1.14 bits per heavy atom. The molecule has 0 fully saturated rings. The summed E-state index contributed by atoms with van der Waals surface area (Å²) in [4.78, 5) is 0. The van der Waals surface area contributed by atoms with Gasteiger partial charge in [-0.15, -0.1) is 0 Å². The van der Waals surface area contributed by atoms with Crippen LogP contribution in [0.1, 0.15) is 0 Å². The summed E-state index contributed by atoms with van der Waals surface area (Å²) in [6.45, 7) is 0. The predicted octanol–water partition coefficient (Wildman–Crippen LogP) is -1.57. The molecule has 4 nitrogen and oxygen atoms in total. The van der Waals surface area contributed by atoms with E-state index < -0.39 is 10.4 Å². The Morgan fingerprint density at radius 2 is 1.14 bits per heavy atom. The Balaban J connectivity index is -0.0000000800. The third-order valence-corrected chi connectivity index (χ3v) is 0. The van der Waals surface area contributed by atoms with Crippen LogP contribution in [-0.2, 0) is 29.0 Å². The third kappa shape index (κ3) is 85.7. The first-order valence-corrected chi connectivity index (χ1v) is 2.10. The fourth-order valence-corrected chi connectivity index (χ4v) is 0. The zero-order valence-electron chi connectivity index (χ0n) is 2.57. The van der Waals surface area contributed by atoms with Gasteiger partial charge in [0.25, 0.3) is 0 Å². The van der Waals surface area contributed by atoms with Crippen LogP contribution in [0.4, 0.5) is 0 Å². The second-order valence-corrected chi connectivity index (χ2v) is 1.34. The van der Waals surface area contributed by atoms with Gasteiger partial charge in [0, 0.05) is 18.6 Å². The van der Waals surface area contributed by atoms with E-state index in [4.69, 9.17) is 17.5 Å². The zero-order valence-corrected chi connectivity index (χ0v) is 4.78. The minimum Gasteiger partial charge on any atom is 0 e. The monoisotopic (exact) mass is 191 g/mol. The molecule has 0 bridgehead atoms. The molecule has 0 aromatic rings. The molecule has 0 amide bonds. The predicted molar refractivity (Wildman–Crippen MR) is 22.7 cm³/mol. The minimum atomic E-state index is -4.67. The smallest absolute Gasteiger partial charge is 0 e. The van der Waals surface area contributed by atoms with Crippen LogP contribution in [0.3, 0.4) is 0 Å². The number of hydrogen-bond acceptors (Lipinski definition) is 2. The van der Waals surface area contributed by atoms with E-state index in [-0.39, 0.29) is 56.3 Å². The number of hydrogen-bond donors (Lipinski definition) is 2. The molecule has 0 rings (SSSR count). The molecular weight excluding hydrogens is 187 g/mol. The van der Waals surface area contributed by atoms with Crippen molar-refractivity contribution in [3.05, 3.63) is 0 Å². The van der Waals surface area contributed by atoms with Gasteiger partial charge in [0.15, 0.2) is 0 Å². The maximum absolute atomic E-state index is 8.74. The van der Waals surface area contributed by atoms with E-state index >= 15 is 0 Å². The summed E-state index contributed by atoms with van der Waals surface area (Å²) in [6.07, 6.45) is 0. The molecule has 0 aliphatic carbocycles. The Bertz CT molecular complexity index is 94.9. The van der Waals surface area contributed by atoms with Crippen molar-refractivity contribution in [1.29, 1.82) is 0 Å². The molecule has 41 valence electrons. The molecule has 0 atom stereocenters. The summed E-state index contributed by atoms with van der Waals surface area (Å²) in [5, 5.41) is 0. The van der Waals surface area contributed by atoms with Crippen molar-refractivity contribution in [2.24, 2.45) is 0 Å². The van der Waals surface area contributed by atoms with Gasteiger partial charge < -0.3 is 0 Å². The van der Waals surface area contributed by atoms with E-state index in [1.54, 1.807) is 0 Å². The van der Waals surface area contributed by atoms with E-state index in [0.29, 0.717) is 0 Å². The van der Waals surface area contributed by atoms with Gasteiger partial charge in [-0.25, -0.2) is 0 Å². The van der Waals surface area contributed by atoms with Crippen LogP contribution in [-0.4, -0.2) is 55.3 Å². The van der Waals surface area contributed by atoms with Crippen LogP contribution in [0.25, 0.3) is 0 Å². The quantitative estimate of drug-likeness (QED) is 0.358. The molecular formula is H4CaO4SV. The van der Waals surface area contributed by atoms with Crippen molar-refractivity contribution < 1.29 is 36.1 Å². The van der Waals surface area contributed by atoms with Crippen molar-refractivity contribution in [3.8, 4) is 0 Å². The van der Waals surface area contributed by atoms with Crippen LogP contribution in [0.15, 0.2) is 0 Å². The van der Waals surface area contributed by atoms with E-state index in [2.05, 4.69) is 0 Å². The van der Waals surface area contributed by atoms with E-state index in [9.17, 15) is 0 Å². The maximum Gasteiger partial charge on any atom is 0 e. The Hall–Kier alpha value is 1.71. The second-order valence-electron chi connectivity index (χ2n) is 0.448. The molecule has 7 heteroatoms.